The molecule has 0 aromatic carbocycles. The summed E-state index contributed by atoms with van der Waals surface area (Å²) in [6, 6.07) is 1.38. The van der Waals surface area contributed by atoms with Crippen molar-refractivity contribution in [1.82, 2.24) is 10.3 Å². The van der Waals surface area contributed by atoms with Crippen LogP contribution in [-0.2, 0) is 0 Å². The molecule has 52 valence electrons. The third-order valence-electron chi connectivity index (χ3n) is 2.24. The quantitative estimate of drug-likeness (QED) is 0.423. The summed E-state index contributed by atoms with van der Waals surface area (Å²) in [6.45, 7) is 2.08. The molecule has 2 atom stereocenters. The molecule has 0 spiro atoms. The number of nitrogens with two attached hydrogens (primary N) is 1. The van der Waals surface area contributed by atoms with Crippen LogP contribution < -0.4 is 11.2 Å². The highest BCUT2D eigenvalue weighted by Crippen LogP contribution is 2.17. The van der Waals surface area contributed by atoms with E-state index in [9.17, 15) is 0 Å². The van der Waals surface area contributed by atoms with Crippen LogP contribution in [-0.4, -0.2) is 30.2 Å². The van der Waals surface area contributed by atoms with E-state index in [4.69, 9.17) is 5.84 Å². The smallest absolute Gasteiger partial charge is 0.0283 e. The third kappa shape index (κ3) is 0.956. The molecule has 3 N–H and O–H groups in total. The summed E-state index contributed by atoms with van der Waals surface area (Å²) in [6.07, 6.45) is 2.64. The molecule has 2 aliphatic heterocycles. The summed E-state index contributed by atoms with van der Waals surface area (Å²) in [4.78, 5) is 0. The molecule has 0 radical (unpaired) electrons. The fraction of sp³-hybridized carbons (Fsp3) is 1.00. The number of hydrogen-bond donors (Lipinski definition) is 2. The zero-order valence-corrected chi connectivity index (χ0v) is 5.51. The van der Waals surface area contributed by atoms with Gasteiger partial charge in [0.1, 0.15) is 0 Å². The van der Waals surface area contributed by atoms with Gasteiger partial charge in [-0.25, -0.2) is 5.01 Å². The van der Waals surface area contributed by atoms with Crippen molar-refractivity contribution >= 4 is 0 Å². The van der Waals surface area contributed by atoms with E-state index in [1.165, 1.54) is 12.8 Å². The molecule has 3 nitrogen and oxygen atoms in total. The van der Waals surface area contributed by atoms with Crippen molar-refractivity contribution in [2.75, 3.05) is 13.1 Å². The van der Waals surface area contributed by atoms with Gasteiger partial charge in [-0.2, -0.15) is 0 Å². The van der Waals surface area contributed by atoms with Crippen molar-refractivity contribution in [3.63, 3.8) is 0 Å². The van der Waals surface area contributed by atoms with Crippen molar-refractivity contribution < 1.29 is 0 Å². The first kappa shape index (κ1) is 5.65. The summed E-state index contributed by atoms with van der Waals surface area (Å²) < 4.78 is 0. The normalized spacial score (nSPS) is 43.7. The lowest BCUT2D eigenvalue weighted by atomic mass is 10.2. The number of nitrogens with zero attached hydrogens (tertiary/aromatic N) is 1. The first-order valence-electron chi connectivity index (χ1n) is 3.60. The van der Waals surface area contributed by atoms with E-state index >= 15 is 0 Å². The predicted octanol–water partition coefficient (Wildman–Crippen LogP) is -0.704. The molecule has 2 unspecified atom stereocenters. The van der Waals surface area contributed by atoms with E-state index in [1.807, 2.05) is 5.01 Å². The van der Waals surface area contributed by atoms with E-state index in [1.54, 1.807) is 0 Å². The zero-order valence-electron chi connectivity index (χ0n) is 5.51. The zero-order chi connectivity index (χ0) is 6.27. The average molecular weight is 127 g/mol. The van der Waals surface area contributed by atoms with Gasteiger partial charge in [0.25, 0.3) is 0 Å². The van der Waals surface area contributed by atoms with Gasteiger partial charge >= 0.3 is 0 Å². The van der Waals surface area contributed by atoms with Crippen LogP contribution in [0, 0.1) is 0 Å². The first-order valence-corrected chi connectivity index (χ1v) is 3.60. The summed E-state index contributed by atoms with van der Waals surface area (Å²) in [5.74, 6) is 5.65. The van der Waals surface area contributed by atoms with Gasteiger partial charge in [-0.3, -0.25) is 5.84 Å². The Morgan fingerprint density at radius 3 is 2.33 bits per heavy atom. The first-order chi connectivity index (χ1) is 4.34. The van der Waals surface area contributed by atoms with E-state index in [0.29, 0.717) is 12.1 Å². The lowest BCUT2D eigenvalue weighted by molar-refractivity contribution is 0.200. The second-order valence-corrected chi connectivity index (χ2v) is 3.09. The van der Waals surface area contributed by atoms with Crippen LogP contribution in [0.4, 0.5) is 0 Å². The third-order valence-corrected chi connectivity index (χ3v) is 2.24. The molecule has 0 aliphatic carbocycles. The summed E-state index contributed by atoms with van der Waals surface area (Å²) in [5, 5.41) is 5.43. The highest BCUT2D eigenvalue weighted by atomic mass is 15.4. The molecular weight excluding hydrogens is 114 g/mol. The Morgan fingerprint density at radius 1 is 1.22 bits per heavy atom. The maximum Gasteiger partial charge on any atom is 0.0283 e. The Balaban J connectivity index is 2.03. The Hall–Kier alpha value is -0.120. The Labute approximate surface area is 55.2 Å². The maximum absolute atomic E-state index is 5.65. The molecule has 2 rings (SSSR count). The van der Waals surface area contributed by atoms with Crippen LogP contribution in [0.15, 0.2) is 0 Å². The van der Waals surface area contributed by atoms with Gasteiger partial charge in [0, 0.05) is 25.2 Å². The average Bonchev–Trinajstić information content (AvgIpc) is 2.11. The molecule has 0 amide bonds. The van der Waals surface area contributed by atoms with Crippen molar-refractivity contribution in [2.45, 2.75) is 24.9 Å². The predicted molar refractivity (Wildman–Crippen MR) is 35.7 cm³/mol. The second-order valence-electron chi connectivity index (χ2n) is 3.09. The second kappa shape index (κ2) is 1.94. The van der Waals surface area contributed by atoms with E-state index in [2.05, 4.69) is 5.32 Å². The van der Waals surface area contributed by atoms with E-state index < -0.39 is 0 Å². The van der Waals surface area contributed by atoms with Gasteiger partial charge in [0.2, 0.25) is 0 Å². The highest BCUT2D eigenvalue weighted by Gasteiger charge is 2.30. The van der Waals surface area contributed by atoms with Gasteiger partial charge in [-0.1, -0.05) is 0 Å². The van der Waals surface area contributed by atoms with Gasteiger partial charge in [-0.15, -0.1) is 0 Å². The number of nitrogens with one attached hydrogen (secondary N) is 1. The lowest BCUT2D eigenvalue weighted by Gasteiger charge is -2.28. The molecule has 0 aromatic heterocycles. The number of hydrogen-bond acceptors (Lipinski definition) is 3. The van der Waals surface area contributed by atoms with E-state index in [0.717, 1.165) is 13.1 Å². The molecule has 0 aromatic rings. The molecule has 3 heteroatoms. The van der Waals surface area contributed by atoms with Crippen LogP contribution in [0.3, 0.4) is 0 Å². The van der Waals surface area contributed by atoms with Gasteiger partial charge < -0.3 is 5.32 Å². The van der Waals surface area contributed by atoms with Crippen molar-refractivity contribution in [3.8, 4) is 0 Å². The van der Waals surface area contributed by atoms with Crippen LogP contribution in [0.5, 0.6) is 0 Å². The Bertz CT molecular complexity index is 103. The van der Waals surface area contributed by atoms with Gasteiger partial charge in [-0.05, 0) is 12.8 Å². The molecule has 2 saturated heterocycles. The number of fused-ring (bicyclic) bond motifs is 2. The monoisotopic (exact) mass is 127 g/mol. The van der Waals surface area contributed by atoms with Crippen LogP contribution in [0.2, 0.25) is 0 Å². The topological polar surface area (TPSA) is 41.3 Å². The molecule has 2 bridgehead atoms. The van der Waals surface area contributed by atoms with Gasteiger partial charge in [0.15, 0.2) is 0 Å². The standard InChI is InChI=1S/C6H13N3/c7-9-3-5-1-2-6(4-9)8-5/h5-6,8H,1-4,7H2. The van der Waals surface area contributed by atoms with Crippen LogP contribution in [0.1, 0.15) is 12.8 Å². The summed E-state index contributed by atoms with van der Waals surface area (Å²) in [5.41, 5.74) is 0. The van der Waals surface area contributed by atoms with Crippen molar-refractivity contribution in [1.29, 1.82) is 0 Å². The Morgan fingerprint density at radius 2 is 1.78 bits per heavy atom. The molecular formula is C6H13N3. The van der Waals surface area contributed by atoms with Crippen molar-refractivity contribution in [3.05, 3.63) is 0 Å². The minimum Gasteiger partial charge on any atom is -0.309 e. The maximum atomic E-state index is 5.65. The Kier molecular flexibility index (Phi) is 1.22. The van der Waals surface area contributed by atoms with E-state index in [-0.39, 0.29) is 0 Å². The fourth-order valence-electron chi connectivity index (χ4n) is 1.83. The minimum atomic E-state index is 0.689. The summed E-state index contributed by atoms with van der Waals surface area (Å²) in [7, 11) is 0. The van der Waals surface area contributed by atoms with Crippen molar-refractivity contribution in [2.24, 2.45) is 5.84 Å². The number of rotatable bonds is 0. The largest absolute Gasteiger partial charge is 0.309 e. The number of piperazine rings is 1. The van der Waals surface area contributed by atoms with Gasteiger partial charge in [0.05, 0.1) is 0 Å². The SMILES string of the molecule is NN1CC2CCC(C1)N2. The fourth-order valence-corrected chi connectivity index (χ4v) is 1.83. The van der Waals surface area contributed by atoms with Crippen LogP contribution in [0.25, 0.3) is 0 Å². The highest BCUT2D eigenvalue weighted by molar-refractivity contribution is 4.90. The summed E-state index contributed by atoms with van der Waals surface area (Å²) >= 11 is 0. The molecule has 2 aliphatic rings. The minimum absolute atomic E-state index is 0.689. The molecule has 2 fully saturated rings. The molecule has 2 heterocycles. The van der Waals surface area contributed by atoms with Crippen LogP contribution >= 0.6 is 0 Å². The molecule has 9 heavy (non-hydrogen) atoms. The lowest BCUT2D eigenvalue weighted by Crippen LogP contribution is -2.53. The molecule has 0 saturated carbocycles. The number of hydrazine groups is 1.